The summed E-state index contributed by atoms with van der Waals surface area (Å²) in [5, 5.41) is 0. The summed E-state index contributed by atoms with van der Waals surface area (Å²) in [5.74, 6) is 0. The molecule has 0 amide bonds. The van der Waals surface area contributed by atoms with Crippen molar-refractivity contribution < 1.29 is 0 Å². The van der Waals surface area contributed by atoms with Crippen LogP contribution >= 0.6 is 11.5 Å². The molecule has 0 saturated heterocycles. The maximum atomic E-state index is 5.95. The van der Waals surface area contributed by atoms with Gasteiger partial charge in [-0.25, -0.2) is 4.37 Å². The standard InChI is InChI=1S/C7H12N2S/c1-3-7(2,8)6-4-5-9-10-6/h4-5H,3,8H2,1-2H3. The fraction of sp³-hybridized carbons (Fsp3) is 0.571. The van der Waals surface area contributed by atoms with Gasteiger partial charge in [-0.3, -0.25) is 0 Å². The van der Waals surface area contributed by atoms with Crippen molar-refractivity contribution in [3.63, 3.8) is 0 Å². The van der Waals surface area contributed by atoms with E-state index < -0.39 is 0 Å². The van der Waals surface area contributed by atoms with Crippen molar-refractivity contribution in [3.8, 4) is 0 Å². The highest BCUT2D eigenvalue weighted by Gasteiger charge is 2.19. The van der Waals surface area contributed by atoms with Gasteiger partial charge in [0.15, 0.2) is 0 Å². The van der Waals surface area contributed by atoms with Crippen LogP contribution in [0.3, 0.4) is 0 Å². The van der Waals surface area contributed by atoms with Crippen molar-refractivity contribution in [3.05, 3.63) is 17.1 Å². The lowest BCUT2D eigenvalue weighted by Gasteiger charge is -2.19. The van der Waals surface area contributed by atoms with Crippen molar-refractivity contribution in [2.45, 2.75) is 25.8 Å². The van der Waals surface area contributed by atoms with Crippen LogP contribution in [-0.2, 0) is 5.54 Å². The number of hydrogen-bond acceptors (Lipinski definition) is 3. The van der Waals surface area contributed by atoms with E-state index in [0.29, 0.717) is 0 Å². The molecule has 0 aliphatic heterocycles. The molecule has 1 rings (SSSR count). The predicted octanol–water partition coefficient (Wildman–Crippen LogP) is 1.73. The smallest absolute Gasteiger partial charge is 0.0488 e. The second-order valence-corrected chi connectivity index (χ2v) is 3.48. The highest BCUT2D eigenvalue weighted by Crippen LogP contribution is 2.23. The van der Waals surface area contributed by atoms with Gasteiger partial charge in [0, 0.05) is 16.6 Å². The molecule has 1 aromatic heterocycles. The van der Waals surface area contributed by atoms with Crippen LogP contribution < -0.4 is 5.73 Å². The maximum absolute atomic E-state index is 5.95. The average molecular weight is 156 g/mol. The van der Waals surface area contributed by atoms with Gasteiger partial charge < -0.3 is 5.73 Å². The largest absolute Gasteiger partial charge is 0.321 e. The van der Waals surface area contributed by atoms with E-state index in [1.54, 1.807) is 6.20 Å². The summed E-state index contributed by atoms with van der Waals surface area (Å²) >= 11 is 1.48. The van der Waals surface area contributed by atoms with E-state index in [9.17, 15) is 0 Å². The van der Waals surface area contributed by atoms with Crippen molar-refractivity contribution in [1.29, 1.82) is 0 Å². The molecule has 2 N–H and O–H groups in total. The van der Waals surface area contributed by atoms with Crippen LogP contribution in [0.25, 0.3) is 0 Å². The van der Waals surface area contributed by atoms with Crippen LogP contribution in [0.15, 0.2) is 12.3 Å². The first-order valence-electron chi connectivity index (χ1n) is 3.37. The Hall–Kier alpha value is -0.410. The highest BCUT2D eigenvalue weighted by molar-refractivity contribution is 7.05. The van der Waals surface area contributed by atoms with Gasteiger partial charge in [-0.15, -0.1) is 0 Å². The number of nitrogens with two attached hydrogens (primary N) is 1. The van der Waals surface area contributed by atoms with Crippen LogP contribution in [0, 0.1) is 0 Å². The molecule has 1 aromatic rings. The minimum absolute atomic E-state index is 0.179. The van der Waals surface area contributed by atoms with Gasteiger partial charge in [-0.05, 0) is 30.9 Å². The second-order valence-electron chi connectivity index (χ2n) is 2.65. The van der Waals surface area contributed by atoms with Gasteiger partial charge in [-0.1, -0.05) is 6.92 Å². The zero-order valence-corrected chi connectivity index (χ0v) is 7.11. The van der Waals surface area contributed by atoms with E-state index in [1.807, 2.05) is 13.0 Å². The molecular formula is C7H12N2S. The van der Waals surface area contributed by atoms with Gasteiger partial charge in [0.05, 0.1) is 0 Å². The van der Waals surface area contributed by atoms with Gasteiger partial charge >= 0.3 is 0 Å². The number of aromatic nitrogens is 1. The van der Waals surface area contributed by atoms with Crippen LogP contribution in [0.1, 0.15) is 25.1 Å². The SMILES string of the molecule is CCC(C)(N)c1ccns1. The summed E-state index contributed by atoms with van der Waals surface area (Å²) in [4.78, 5) is 1.16. The topological polar surface area (TPSA) is 38.9 Å². The molecule has 0 aliphatic rings. The minimum Gasteiger partial charge on any atom is -0.321 e. The molecule has 0 fully saturated rings. The second kappa shape index (κ2) is 2.68. The molecule has 2 nitrogen and oxygen atoms in total. The van der Waals surface area contributed by atoms with E-state index in [1.165, 1.54) is 11.5 Å². The van der Waals surface area contributed by atoms with E-state index >= 15 is 0 Å². The molecule has 3 heteroatoms. The molecule has 0 bridgehead atoms. The molecule has 0 aliphatic carbocycles. The lowest BCUT2D eigenvalue weighted by Crippen LogP contribution is -2.30. The molecule has 0 saturated carbocycles. The Morgan fingerprint density at radius 2 is 2.50 bits per heavy atom. The predicted molar refractivity (Wildman–Crippen MR) is 43.9 cm³/mol. The Kier molecular flexibility index (Phi) is 2.06. The number of nitrogens with zero attached hydrogens (tertiary/aromatic N) is 1. The fourth-order valence-corrected chi connectivity index (χ4v) is 1.39. The van der Waals surface area contributed by atoms with Crippen molar-refractivity contribution in [2.24, 2.45) is 5.73 Å². The molecule has 0 aromatic carbocycles. The Morgan fingerprint density at radius 3 is 2.90 bits per heavy atom. The van der Waals surface area contributed by atoms with Crippen molar-refractivity contribution in [2.75, 3.05) is 0 Å². The van der Waals surface area contributed by atoms with Crippen LogP contribution in [-0.4, -0.2) is 4.37 Å². The molecule has 1 heterocycles. The third kappa shape index (κ3) is 1.36. The van der Waals surface area contributed by atoms with Crippen LogP contribution in [0.5, 0.6) is 0 Å². The Morgan fingerprint density at radius 1 is 1.80 bits per heavy atom. The third-order valence-electron chi connectivity index (χ3n) is 1.74. The normalized spacial score (nSPS) is 16.7. The first-order valence-corrected chi connectivity index (χ1v) is 4.14. The first-order chi connectivity index (χ1) is 4.67. The van der Waals surface area contributed by atoms with Gasteiger partial charge in [-0.2, -0.15) is 0 Å². The molecule has 0 radical (unpaired) electrons. The van der Waals surface area contributed by atoms with Gasteiger partial charge in [0.2, 0.25) is 0 Å². The average Bonchev–Trinajstić information content (AvgIpc) is 2.38. The number of rotatable bonds is 2. The molecule has 0 spiro atoms. The molecule has 10 heavy (non-hydrogen) atoms. The van der Waals surface area contributed by atoms with Crippen LogP contribution in [0.2, 0.25) is 0 Å². The zero-order chi connectivity index (χ0) is 7.61. The van der Waals surface area contributed by atoms with Crippen molar-refractivity contribution >= 4 is 11.5 Å². The van der Waals surface area contributed by atoms with E-state index in [-0.39, 0.29) is 5.54 Å². The molecule has 1 atom stereocenters. The summed E-state index contributed by atoms with van der Waals surface area (Å²) in [6, 6.07) is 1.98. The van der Waals surface area contributed by atoms with Gasteiger partial charge in [0.25, 0.3) is 0 Å². The van der Waals surface area contributed by atoms with Crippen LogP contribution in [0.4, 0.5) is 0 Å². The Labute approximate surface area is 65.2 Å². The summed E-state index contributed by atoms with van der Waals surface area (Å²) in [5.41, 5.74) is 5.77. The summed E-state index contributed by atoms with van der Waals surface area (Å²) in [6.07, 6.45) is 2.75. The highest BCUT2D eigenvalue weighted by atomic mass is 32.1. The summed E-state index contributed by atoms with van der Waals surface area (Å²) < 4.78 is 4.00. The maximum Gasteiger partial charge on any atom is 0.0488 e. The Balaban J connectivity index is 2.85. The zero-order valence-electron chi connectivity index (χ0n) is 6.29. The monoisotopic (exact) mass is 156 g/mol. The summed E-state index contributed by atoms with van der Waals surface area (Å²) in [7, 11) is 0. The Bertz CT molecular complexity index is 191. The quantitative estimate of drug-likeness (QED) is 0.708. The minimum atomic E-state index is -0.179. The molecule has 1 unspecified atom stereocenters. The lowest BCUT2D eigenvalue weighted by atomic mass is 9.99. The lowest BCUT2D eigenvalue weighted by molar-refractivity contribution is 0.486. The van der Waals surface area contributed by atoms with E-state index in [0.717, 1.165) is 11.3 Å². The van der Waals surface area contributed by atoms with E-state index in [2.05, 4.69) is 11.3 Å². The third-order valence-corrected chi connectivity index (χ3v) is 2.76. The molecular weight excluding hydrogens is 144 g/mol. The van der Waals surface area contributed by atoms with Crippen molar-refractivity contribution in [1.82, 2.24) is 4.37 Å². The van der Waals surface area contributed by atoms with Gasteiger partial charge in [0.1, 0.15) is 0 Å². The summed E-state index contributed by atoms with van der Waals surface area (Å²) in [6.45, 7) is 4.11. The molecule has 56 valence electrons. The fourth-order valence-electron chi connectivity index (χ4n) is 0.685. The number of hydrogen-bond donors (Lipinski definition) is 1. The van der Waals surface area contributed by atoms with E-state index in [4.69, 9.17) is 5.73 Å². The first kappa shape index (κ1) is 7.69.